The average molecular weight is 598 g/mol. The highest BCUT2D eigenvalue weighted by atomic mass is 19.4. The Kier molecular flexibility index (Phi) is 9.53. The molecule has 226 valence electrons. The molecule has 4 rings (SSSR count). The number of nitrogens with one attached hydrogen (secondary N) is 1. The second kappa shape index (κ2) is 13.1. The number of carboxylic acids is 2. The summed E-state index contributed by atoms with van der Waals surface area (Å²) in [6.45, 7) is -0.770. The Morgan fingerprint density at radius 1 is 0.814 bits per heavy atom. The lowest BCUT2D eigenvalue weighted by molar-refractivity contribution is -0.178. The minimum Gasteiger partial charge on any atom is -0.480 e. The molecule has 11 heteroatoms. The van der Waals surface area contributed by atoms with Crippen LogP contribution in [-0.2, 0) is 31.7 Å². The van der Waals surface area contributed by atoms with Gasteiger partial charge in [0, 0.05) is 11.3 Å². The predicted molar refractivity (Wildman–Crippen MR) is 150 cm³/mol. The van der Waals surface area contributed by atoms with Gasteiger partial charge in [-0.15, -0.1) is 0 Å². The van der Waals surface area contributed by atoms with Gasteiger partial charge in [0.1, 0.15) is 6.61 Å². The summed E-state index contributed by atoms with van der Waals surface area (Å²) in [7, 11) is 0. The van der Waals surface area contributed by atoms with Crippen LogP contribution in [0.5, 0.6) is 0 Å². The molecule has 0 radical (unpaired) electrons. The number of ether oxygens (including phenoxy) is 1. The van der Waals surface area contributed by atoms with Gasteiger partial charge >= 0.3 is 24.1 Å². The van der Waals surface area contributed by atoms with Crippen molar-refractivity contribution < 1.29 is 47.3 Å². The number of aliphatic carboxylic acids is 2. The highest BCUT2D eigenvalue weighted by Crippen LogP contribution is 2.40. The maximum absolute atomic E-state index is 13.1. The van der Waals surface area contributed by atoms with Crippen LogP contribution in [0, 0.1) is 11.3 Å². The fourth-order valence-electron chi connectivity index (χ4n) is 5.37. The van der Waals surface area contributed by atoms with E-state index in [4.69, 9.17) is 4.74 Å². The van der Waals surface area contributed by atoms with Gasteiger partial charge in [0.05, 0.1) is 12.0 Å². The zero-order valence-corrected chi connectivity index (χ0v) is 23.0. The summed E-state index contributed by atoms with van der Waals surface area (Å²) >= 11 is 0. The van der Waals surface area contributed by atoms with E-state index in [1.165, 1.54) is 12.1 Å². The fourth-order valence-corrected chi connectivity index (χ4v) is 5.37. The SMILES string of the molecule is O=C(Cc1ccc(NC(=O)c2ccccc2-c2ccc(C(F)(F)F)cc2)cc1)OCC(C(=O)O)(C(=O)O)C1CCCCC1. The van der Waals surface area contributed by atoms with Gasteiger partial charge in [-0.3, -0.25) is 19.2 Å². The largest absolute Gasteiger partial charge is 0.480 e. The van der Waals surface area contributed by atoms with Crippen molar-refractivity contribution >= 4 is 29.5 Å². The monoisotopic (exact) mass is 597 g/mol. The molecule has 0 aromatic heterocycles. The van der Waals surface area contributed by atoms with E-state index in [0.717, 1.165) is 18.6 Å². The molecule has 0 atom stereocenters. The number of carbonyl (C=O) groups excluding carboxylic acids is 2. The number of alkyl halides is 3. The summed E-state index contributed by atoms with van der Waals surface area (Å²) in [4.78, 5) is 49.7. The van der Waals surface area contributed by atoms with Gasteiger partial charge in [-0.2, -0.15) is 13.2 Å². The van der Waals surface area contributed by atoms with Crippen molar-refractivity contribution in [2.75, 3.05) is 11.9 Å². The molecule has 0 heterocycles. The minimum absolute atomic E-state index is 0.244. The number of anilines is 1. The van der Waals surface area contributed by atoms with Crippen molar-refractivity contribution in [3.8, 4) is 11.1 Å². The lowest BCUT2D eigenvalue weighted by atomic mass is 9.69. The number of carbonyl (C=O) groups is 4. The molecule has 1 amide bonds. The first-order valence-corrected chi connectivity index (χ1v) is 13.7. The van der Waals surface area contributed by atoms with Crippen molar-refractivity contribution in [3.05, 3.63) is 89.5 Å². The van der Waals surface area contributed by atoms with Crippen molar-refractivity contribution in [2.45, 2.75) is 44.7 Å². The van der Waals surface area contributed by atoms with E-state index in [-0.39, 0.29) is 12.0 Å². The molecule has 0 spiro atoms. The molecule has 8 nitrogen and oxygen atoms in total. The molecule has 0 bridgehead atoms. The number of hydrogen-bond acceptors (Lipinski definition) is 5. The quantitative estimate of drug-likeness (QED) is 0.181. The van der Waals surface area contributed by atoms with Crippen LogP contribution < -0.4 is 5.32 Å². The summed E-state index contributed by atoms with van der Waals surface area (Å²) in [5.41, 5.74) is -1.01. The molecule has 1 aliphatic rings. The molecular formula is C32H30F3NO7. The normalized spacial score (nSPS) is 14.1. The van der Waals surface area contributed by atoms with Crippen LogP contribution in [0.4, 0.5) is 18.9 Å². The molecule has 1 saturated carbocycles. The van der Waals surface area contributed by atoms with Crippen molar-refractivity contribution in [2.24, 2.45) is 11.3 Å². The standard InChI is InChI=1S/C32H30F3NO7/c33-32(34,35)23-14-12-21(13-15-23)25-8-4-5-9-26(25)28(38)36-24-16-10-20(11-17-24)18-27(37)43-19-31(29(39)40,30(41)42)22-6-2-1-3-7-22/h4-5,8-17,22H,1-3,6-7,18-19H2,(H,36,38)(H,39,40)(H,41,42). The molecular weight excluding hydrogens is 567 g/mol. The zero-order chi connectivity index (χ0) is 31.2. The van der Waals surface area contributed by atoms with Gasteiger partial charge in [0.2, 0.25) is 5.41 Å². The molecule has 3 aromatic carbocycles. The smallest absolute Gasteiger partial charge is 0.416 e. The average Bonchev–Trinajstić information content (AvgIpc) is 2.98. The van der Waals surface area contributed by atoms with E-state index in [9.17, 15) is 42.6 Å². The van der Waals surface area contributed by atoms with Gasteiger partial charge in [-0.25, -0.2) is 0 Å². The first kappa shape index (κ1) is 31.3. The second-order valence-corrected chi connectivity index (χ2v) is 10.5. The number of esters is 1. The molecule has 3 N–H and O–H groups in total. The Morgan fingerprint density at radius 2 is 1.42 bits per heavy atom. The highest BCUT2D eigenvalue weighted by molar-refractivity contribution is 6.08. The molecule has 0 aliphatic heterocycles. The van der Waals surface area contributed by atoms with E-state index in [0.29, 0.717) is 48.1 Å². The van der Waals surface area contributed by atoms with Gasteiger partial charge < -0.3 is 20.3 Å². The lowest BCUT2D eigenvalue weighted by Crippen LogP contribution is -2.50. The number of benzene rings is 3. The van der Waals surface area contributed by atoms with Crippen molar-refractivity contribution in [1.82, 2.24) is 0 Å². The van der Waals surface area contributed by atoms with Crippen LogP contribution in [0.1, 0.15) is 53.6 Å². The maximum atomic E-state index is 13.1. The lowest BCUT2D eigenvalue weighted by Gasteiger charge is -2.35. The van der Waals surface area contributed by atoms with E-state index in [1.54, 1.807) is 48.5 Å². The number of rotatable bonds is 10. The Bertz CT molecular complexity index is 1460. The summed E-state index contributed by atoms with van der Waals surface area (Å²) in [6.07, 6.45) is -1.54. The Morgan fingerprint density at radius 3 is 2.00 bits per heavy atom. The minimum atomic E-state index is -4.48. The topological polar surface area (TPSA) is 130 Å². The molecule has 0 saturated heterocycles. The summed E-state index contributed by atoms with van der Waals surface area (Å²) in [5, 5.41) is 22.3. The van der Waals surface area contributed by atoms with E-state index >= 15 is 0 Å². The van der Waals surface area contributed by atoms with Crippen LogP contribution in [0.3, 0.4) is 0 Å². The Balaban J connectivity index is 1.39. The first-order chi connectivity index (χ1) is 20.4. The van der Waals surface area contributed by atoms with Crippen LogP contribution in [0.15, 0.2) is 72.8 Å². The molecule has 1 fully saturated rings. The third-order valence-corrected chi connectivity index (χ3v) is 7.78. The number of carboxylic acid groups (broad SMARTS) is 2. The molecule has 3 aromatic rings. The van der Waals surface area contributed by atoms with Crippen LogP contribution in [0.25, 0.3) is 11.1 Å². The number of halogens is 3. The third-order valence-electron chi connectivity index (χ3n) is 7.78. The molecule has 0 unspecified atom stereocenters. The fraction of sp³-hybridized carbons (Fsp3) is 0.312. The van der Waals surface area contributed by atoms with E-state index in [2.05, 4.69) is 5.32 Å². The van der Waals surface area contributed by atoms with Crippen LogP contribution in [0.2, 0.25) is 0 Å². The van der Waals surface area contributed by atoms with E-state index in [1.807, 2.05) is 0 Å². The summed E-state index contributed by atoms with van der Waals surface area (Å²) in [5.74, 6) is -4.98. The number of hydrogen-bond donors (Lipinski definition) is 3. The van der Waals surface area contributed by atoms with Crippen molar-refractivity contribution in [1.29, 1.82) is 0 Å². The Labute approximate surface area is 245 Å². The van der Waals surface area contributed by atoms with Gasteiger partial charge in [0.15, 0.2) is 0 Å². The van der Waals surface area contributed by atoms with Gasteiger partial charge in [0.25, 0.3) is 5.91 Å². The maximum Gasteiger partial charge on any atom is 0.416 e. The van der Waals surface area contributed by atoms with Crippen LogP contribution >= 0.6 is 0 Å². The molecule has 43 heavy (non-hydrogen) atoms. The van der Waals surface area contributed by atoms with Gasteiger partial charge in [-0.1, -0.05) is 61.7 Å². The summed E-state index contributed by atoms with van der Waals surface area (Å²) in [6, 6.07) is 17.2. The second-order valence-electron chi connectivity index (χ2n) is 10.5. The summed E-state index contributed by atoms with van der Waals surface area (Å²) < 4.78 is 44.0. The molecule has 1 aliphatic carbocycles. The highest BCUT2D eigenvalue weighted by Gasteiger charge is 2.54. The van der Waals surface area contributed by atoms with E-state index < -0.39 is 53.5 Å². The van der Waals surface area contributed by atoms with Gasteiger partial charge in [-0.05, 0) is 65.8 Å². The van der Waals surface area contributed by atoms with Crippen molar-refractivity contribution in [3.63, 3.8) is 0 Å². The zero-order valence-electron chi connectivity index (χ0n) is 23.0. The third kappa shape index (κ3) is 7.22. The first-order valence-electron chi connectivity index (χ1n) is 13.7. The predicted octanol–water partition coefficient (Wildman–Crippen LogP) is 6.45. The van der Waals surface area contributed by atoms with Crippen LogP contribution in [-0.4, -0.2) is 40.6 Å². The number of amides is 1. The Hall–Kier alpha value is -4.67.